The quantitative estimate of drug-likeness (QED) is 0.495. The second-order valence-electron chi connectivity index (χ2n) is 2.48. The van der Waals surface area contributed by atoms with Gasteiger partial charge in [-0.25, -0.2) is 0 Å². The number of esters is 1. The summed E-state index contributed by atoms with van der Waals surface area (Å²) in [6, 6.07) is 5.31. The highest BCUT2D eigenvalue weighted by atomic mass is 35.5. The van der Waals surface area contributed by atoms with Gasteiger partial charge in [0, 0.05) is 6.92 Å². The van der Waals surface area contributed by atoms with Crippen molar-refractivity contribution in [2.75, 3.05) is 0 Å². The molecule has 0 atom stereocenters. The van der Waals surface area contributed by atoms with Gasteiger partial charge in [0.1, 0.15) is 5.75 Å². The van der Waals surface area contributed by atoms with Gasteiger partial charge in [-0.2, -0.15) is 0 Å². The van der Waals surface area contributed by atoms with Crippen LogP contribution in [0.5, 0.6) is 5.75 Å². The number of hydrogen-bond donors (Lipinski definition) is 0. The SMILES string of the molecule is CC(=O)Oc1cccc(C)c1Cl. The summed E-state index contributed by atoms with van der Waals surface area (Å²) in [4.78, 5) is 10.6. The van der Waals surface area contributed by atoms with E-state index in [2.05, 4.69) is 0 Å². The molecule has 0 aliphatic carbocycles. The van der Waals surface area contributed by atoms with Gasteiger partial charge < -0.3 is 4.74 Å². The second kappa shape index (κ2) is 3.59. The van der Waals surface area contributed by atoms with Gasteiger partial charge in [0.15, 0.2) is 0 Å². The fourth-order valence-corrected chi connectivity index (χ4v) is 1.02. The Kier molecular flexibility index (Phi) is 2.71. The van der Waals surface area contributed by atoms with E-state index in [0.717, 1.165) is 5.56 Å². The van der Waals surface area contributed by atoms with Crippen molar-refractivity contribution in [2.45, 2.75) is 13.8 Å². The molecule has 0 aliphatic rings. The van der Waals surface area contributed by atoms with Gasteiger partial charge >= 0.3 is 5.97 Å². The van der Waals surface area contributed by atoms with Crippen LogP contribution < -0.4 is 4.74 Å². The maximum Gasteiger partial charge on any atom is 0.308 e. The number of ether oxygens (including phenoxy) is 1. The molecular weight excluding hydrogens is 176 g/mol. The first kappa shape index (κ1) is 9.07. The number of hydrogen-bond acceptors (Lipinski definition) is 2. The Bertz CT molecular complexity index is 307. The molecule has 0 aliphatic heterocycles. The van der Waals surface area contributed by atoms with Gasteiger partial charge in [0.2, 0.25) is 0 Å². The Morgan fingerprint density at radius 1 is 1.50 bits per heavy atom. The Morgan fingerprint density at radius 3 is 2.75 bits per heavy atom. The van der Waals surface area contributed by atoms with Crippen molar-refractivity contribution in [3.8, 4) is 5.75 Å². The lowest BCUT2D eigenvalue weighted by Gasteiger charge is -2.04. The summed E-state index contributed by atoms with van der Waals surface area (Å²) < 4.78 is 4.85. The van der Waals surface area contributed by atoms with E-state index in [9.17, 15) is 4.79 Å². The summed E-state index contributed by atoms with van der Waals surface area (Å²) in [5, 5.41) is 0.493. The highest BCUT2D eigenvalue weighted by molar-refractivity contribution is 6.32. The third-order valence-corrected chi connectivity index (χ3v) is 1.89. The monoisotopic (exact) mass is 184 g/mol. The molecule has 1 aromatic rings. The molecule has 0 fully saturated rings. The van der Waals surface area contributed by atoms with Crippen LogP contribution >= 0.6 is 11.6 Å². The van der Waals surface area contributed by atoms with Gasteiger partial charge in [-0.05, 0) is 18.6 Å². The minimum Gasteiger partial charge on any atom is -0.425 e. The molecule has 1 aromatic carbocycles. The van der Waals surface area contributed by atoms with Crippen LogP contribution in [0.15, 0.2) is 18.2 Å². The lowest BCUT2D eigenvalue weighted by Crippen LogP contribution is -2.01. The first-order chi connectivity index (χ1) is 5.61. The largest absolute Gasteiger partial charge is 0.425 e. The van der Waals surface area contributed by atoms with E-state index in [1.54, 1.807) is 12.1 Å². The van der Waals surface area contributed by atoms with Crippen LogP contribution in [0.3, 0.4) is 0 Å². The van der Waals surface area contributed by atoms with Crippen LogP contribution in [0.1, 0.15) is 12.5 Å². The van der Waals surface area contributed by atoms with Crippen LogP contribution in [0.25, 0.3) is 0 Å². The highest BCUT2D eigenvalue weighted by Gasteiger charge is 2.04. The lowest BCUT2D eigenvalue weighted by atomic mass is 10.2. The fourth-order valence-electron chi connectivity index (χ4n) is 0.854. The number of benzene rings is 1. The minimum atomic E-state index is -0.359. The third-order valence-electron chi connectivity index (χ3n) is 1.41. The van der Waals surface area contributed by atoms with Gasteiger partial charge in [-0.15, -0.1) is 0 Å². The zero-order chi connectivity index (χ0) is 9.14. The molecule has 3 heteroatoms. The molecule has 0 saturated carbocycles. The average Bonchev–Trinajstić information content (AvgIpc) is 1.98. The molecule has 0 aromatic heterocycles. The normalized spacial score (nSPS) is 9.58. The molecule has 12 heavy (non-hydrogen) atoms. The van der Waals surface area contributed by atoms with E-state index in [4.69, 9.17) is 16.3 Å². The molecule has 0 bridgehead atoms. The van der Waals surface area contributed by atoms with Crippen molar-refractivity contribution >= 4 is 17.6 Å². The summed E-state index contributed by atoms with van der Waals surface area (Å²) in [5.41, 5.74) is 0.899. The van der Waals surface area contributed by atoms with Crippen LogP contribution in [0.2, 0.25) is 5.02 Å². The minimum absolute atomic E-state index is 0.359. The maximum atomic E-state index is 10.6. The Labute approximate surface area is 76.1 Å². The van der Waals surface area contributed by atoms with Crippen molar-refractivity contribution in [3.05, 3.63) is 28.8 Å². The fraction of sp³-hybridized carbons (Fsp3) is 0.222. The van der Waals surface area contributed by atoms with E-state index >= 15 is 0 Å². The molecule has 0 heterocycles. The molecule has 2 nitrogen and oxygen atoms in total. The summed E-state index contributed by atoms with van der Waals surface area (Å²) in [5.74, 6) is 0.0617. The van der Waals surface area contributed by atoms with Gasteiger partial charge in [-0.1, -0.05) is 23.7 Å². The van der Waals surface area contributed by atoms with Crippen LogP contribution in [0, 0.1) is 6.92 Å². The first-order valence-corrected chi connectivity index (χ1v) is 3.92. The van der Waals surface area contributed by atoms with Crippen molar-refractivity contribution < 1.29 is 9.53 Å². The molecule has 64 valence electrons. The second-order valence-corrected chi connectivity index (χ2v) is 2.86. The molecule has 0 radical (unpaired) electrons. The zero-order valence-corrected chi connectivity index (χ0v) is 7.68. The average molecular weight is 185 g/mol. The molecule has 0 unspecified atom stereocenters. The molecule has 0 amide bonds. The van der Waals surface area contributed by atoms with Crippen LogP contribution in [-0.2, 0) is 4.79 Å². The molecule has 1 rings (SSSR count). The molecule has 0 spiro atoms. The van der Waals surface area contributed by atoms with Gasteiger partial charge in [0.05, 0.1) is 5.02 Å². The summed E-state index contributed by atoms with van der Waals surface area (Å²) in [6.07, 6.45) is 0. The summed E-state index contributed by atoms with van der Waals surface area (Å²) in [7, 11) is 0. The molecule has 0 N–H and O–H groups in total. The molecule has 0 saturated heterocycles. The standard InChI is InChI=1S/C9H9ClO2/c1-6-4-3-5-8(9(6)10)12-7(2)11/h3-5H,1-2H3. The topological polar surface area (TPSA) is 26.3 Å². The Morgan fingerprint density at radius 2 is 2.17 bits per heavy atom. The van der Waals surface area contributed by atoms with Crippen molar-refractivity contribution in [2.24, 2.45) is 0 Å². The van der Waals surface area contributed by atoms with Gasteiger partial charge in [-0.3, -0.25) is 4.79 Å². The Hall–Kier alpha value is -1.02. The van der Waals surface area contributed by atoms with Crippen LogP contribution in [-0.4, -0.2) is 5.97 Å². The number of rotatable bonds is 1. The molecular formula is C9H9ClO2. The summed E-state index contributed by atoms with van der Waals surface area (Å²) in [6.45, 7) is 3.20. The van der Waals surface area contributed by atoms with Crippen LogP contribution in [0.4, 0.5) is 0 Å². The number of carbonyl (C=O) groups is 1. The van der Waals surface area contributed by atoms with Crippen molar-refractivity contribution in [3.63, 3.8) is 0 Å². The van der Waals surface area contributed by atoms with Gasteiger partial charge in [0.25, 0.3) is 0 Å². The van der Waals surface area contributed by atoms with E-state index in [0.29, 0.717) is 10.8 Å². The maximum absolute atomic E-state index is 10.6. The predicted octanol–water partition coefficient (Wildman–Crippen LogP) is 2.57. The predicted molar refractivity (Wildman–Crippen MR) is 47.5 cm³/mol. The highest BCUT2D eigenvalue weighted by Crippen LogP contribution is 2.27. The third kappa shape index (κ3) is 1.98. The van der Waals surface area contributed by atoms with Crippen molar-refractivity contribution in [1.82, 2.24) is 0 Å². The summed E-state index contributed by atoms with van der Waals surface area (Å²) >= 11 is 5.86. The van der Waals surface area contributed by atoms with E-state index in [-0.39, 0.29) is 5.97 Å². The first-order valence-electron chi connectivity index (χ1n) is 3.55. The number of carbonyl (C=O) groups excluding carboxylic acids is 1. The van der Waals surface area contributed by atoms with E-state index in [1.807, 2.05) is 13.0 Å². The number of aryl methyl sites for hydroxylation is 1. The number of halogens is 1. The van der Waals surface area contributed by atoms with Crippen molar-refractivity contribution in [1.29, 1.82) is 0 Å². The van der Waals surface area contributed by atoms with E-state index < -0.39 is 0 Å². The smallest absolute Gasteiger partial charge is 0.308 e. The lowest BCUT2D eigenvalue weighted by molar-refractivity contribution is -0.131. The van der Waals surface area contributed by atoms with E-state index in [1.165, 1.54) is 6.92 Å². The Balaban J connectivity index is 3.00. The zero-order valence-electron chi connectivity index (χ0n) is 6.93.